The monoisotopic (exact) mass is 255 g/mol. The Hall–Kier alpha value is -0.290. The van der Waals surface area contributed by atoms with Crippen LogP contribution in [0.2, 0.25) is 0 Å². The lowest BCUT2D eigenvalue weighted by Crippen LogP contribution is -2.27. The second kappa shape index (κ2) is 9.71. The quantitative estimate of drug-likeness (QED) is 0.603. The molecule has 0 aliphatic heterocycles. The van der Waals surface area contributed by atoms with E-state index in [1.54, 1.807) is 0 Å². The minimum atomic E-state index is -4.21. The van der Waals surface area contributed by atoms with Crippen molar-refractivity contribution in [3.05, 3.63) is 0 Å². The number of nitrogens with one attached hydrogen (secondary N) is 1. The summed E-state index contributed by atoms with van der Waals surface area (Å²) < 4.78 is 40.0. The molecule has 0 aliphatic rings. The Bertz CT molecular complexity index is 174. The number of alkyl halides is 3. The standard InChI is InChI=1S/C12H24F3NO/c1-3-4-5-6-7-11(16-2)8-9-17-10-12(13,14)15/h11,16H,3-10H2,1-2H3. The first-order valence-electron chi connectivity index (χ1n) is 6.31. The van der Waals surface area contributed by atoms with E-state index in [2.05, 4.69) is 17.0 Å². The van der Waals surface area contributed by atoms with Crippen LogP contribution in [0.5, 0.6) is 0 Å². The molecule has 0 aromatic heterocycles. The molecular formula is C12H24F3NO. The molecule has 0 saturated heterocycles. The van der Waals surface area contributed by atoms with Crippen LogP contribution in [0.15, 0.2) is 0 Å². The number of ether oxygens (including phenoxy) is 1. The molecule has 0 rings (SSSR count). The van der Waals surface area contributed by atoms with Gasteiger partial charge in [0.2, 0.25) is 0 Å². The first kappa shape index (κ1) is 16.7. The topological polar surface area (TPSA) is 21.3 Å². The smallest absolute Gasteiger partial charge is 0.372 e. The third-order valence-electron chi connectivity index (χ3n) is 2.69. The summed E-state index contributed by atoms with van der Waals surface area (Å²) in [4.78, 5) is 0. The lowest BCUT2D eigenvalue weighted by molar-refractivity contribution is -0.174. The third kappa shape index (κ3) is 12.0. The van der Waals surface area contributed by atoms with E-state index in [-0.39, 0.29) is 12.6 Å². The first-order chi connectivity index (χ1) is 7.99. The van der Waals surface area contributed by atoms with Gasteiger partial charge in [-0.05, 0) is 19.9 Å². The number of halogens is 3. The molecule has 0 fully saturated rings. The fourth-order valence-corrected chi connectivity index (χ4v) is 1.66. The fraction of sp³-hybridized carbons (Fsp3) is 1.00. The molecule has 5 heteroatoms. The highest BCUT2D eigenvalue weighted by molar-refractivity contribution is 4.64. The molecule has 1 unspecified atom stereocenters. The van der Waals surface area contributed by atoms with E-state index in [9.17, 15) is 13.2 Å². The molecule has 1 atom stereocenters. The zero-order chi connectivity index (χ0) is 13.1. The SMILES string of the molecule is CCCCCCC(CCOCC(F)(F)F)NC. The van der Waals surface area contributed by atoms with Gasteiger partial charge in [0.1, 0.15) is 6.61 Å². The van der Waals surface area contributed by atoms with Crippen LogP contribution in [-0.2, 0) is 4.74 Å². The van der Waals surface area contributed by atoms with Crippen LogP contribution in [0.25, 0.3) is 0 Å². The van der Waals surface area contributed by atoms with Crippen molar-refractivity contribution in [3.8, 4) is 0 Å². The van der Waals surface area contributed by atoms with Gasteiger partial charge in [-0.3, -0.25) is 0 Å². The predicted molar refractivity (Wildman–Crippen MR) is 63.1 cm³/mol. The van der Waals surface area contributed by atoms with Crippen molar-refractivity contribution in [1.29, 1.82) is 0 Å². The minimum absolute atomic E-state index is 0.165. The van der Waals surface area contributed by atoms with Gasteiger partial charge in [-0.25, -0.2) is 0 Å². The molecule has 0 aromatic carbocycles. The molecule has 0 amide bonds. The van der Waals surface area contributed by atoms with Crippen LogP contribution < -0.4 is 5.32 Å². The van der Waals surface area contributed by atoms with Crippen LogP contribution in [0, 0.1) is 0 Å². The summed E-state index contributed by atoms with van der Waals surface area (Å²) in [6.45, 7) is 1.18. The van der Waals surface area contributed by atoms with Crippen LogP contribution in [-0.4, -0.2) is 32.5 Å². The second-order valence-corrected chi connectivity index (χ2v) is 4.29. The van der Waals surface area contributed by atoms with Gasteiger partial charge in [0, 0.05) is 12.6 Å². The minimum Gasteiger partial charge on any atom is -0.372 e. The lowest BCUT2D eigenvalue weighted by atomic mass is 10.1. The summed E-state index contributed by atoms with van der Waals surface area (Å²) >= 11 is 0. The number of hydrogen-bond donors (Lipinski definition) is 1. The highest BCUT2D eigenvalue weighted by Crippen LogP contribution is 2.15. The molecule has 104 valence electrons. The van der Waals surface area contributed by atoms with Crippen LogP contribution in [0.3, 0.4) is 0 Å². The number of hydrogen-bond acceptors (Lipinski definition) is 2. The molecule has 0 radical (unpaired) electrons. The van der Waals surface area contributed by atoms with Crippen molar-refractivity contribution in [3.63, 3.8) is 0 Å². The molecular weight excluding hydrogens is 231 g/mol. The van der Waals surface area contributed by atoms with Gasteiger partial charge in [0.05, 0.1) is 0 Å². The molecule has 0 bridgehead atoms. The average Bonchev–Trinajstić information content (AvgIpc) is 2.25. The Labute approximate surface area is 102 Å². The second-order valence-electron chi connectivity index (χ2n) is 4.29. The van der Waals surface area contributed by atoms with E-state index in [1.807, 2.05) is 7.05 Å². The van der Waals surface area contributed by atoms with E-state index >= 15 is 0 Å². The van der Waals surface area contributed by atoms with Crippen molar-refractivity contribution in [2.45, 2.75) is 57.7 Å². The highest BCUT2D eigenvalue weighted by atomic mass is 19.4. The molecule has 2 nitrogen and oxygen atoms in total. The molecule has 0 spiro atoms. The summed E-state index contributed by atoms with van der Waals surface area (Å²) in [5, 5.41) is 3.12. The van der Waals surface area contributed by atoms with Gasteiger partial charge in [0.25, 0.3) is 0 Å². The van der Waals surface area contributed by atoms with Crippen molar-refractivity contribution in [2.75, 3.05) is 20.3 Å². The van der Waals surface area contributed by atoms with Crippen molar-refractivity contribution < 1.29 is 17.9 Å². The van der Waals surface area contributed by atoms with Crippen molar-refractivity contribution >= 4 is 0 Å². The summed E-state index contributed by atoms with van der Waals surface area (Å²) in [6, 6.07) is 0.264. The van der Waals surface area contributed by atoms with Crippen LogP contribution in [0.4, 0.5) is 13.2 Å². The predicted octanol–water partition coefficient (Wildman–Crippen LogP) is 3.51. The van der Waals surface area contributed by atoms with E-state index in [1.165, 1.54) is 19.3 Å². The zero-order valence-electron chi connectivity index (χ0n) is 10.8. The maximum absolute atomic E-state index is 11.8. The Balaban J connectivity index is 3.47. The molecule has 17 heavy (non-hydrogen) atoms. The molecule has 0 heterocycles. The van der Waals surface area contributed by atoms with Crippen molar-refractivity contribution in [1.82, 2.24) is 5.32 Å². The van der Waals surface area contributed by atoms with Gasteiger partial charge < -0.3 is 10.1 Å². The lowest BCUT2D eigenvalue weighted by Gasteiger charge is -2.16. The number of unbranched alkanes of at least 4 members (excludes halogenated alkanes) is 3. The third-order valence-corrected chi connectivity index (χ3v) is 2.69. The highest BCUT2D eigenvalue weighted by Gasteiger charge is 2.27. The average molecular weight is 255 g/mol. The maximum atomic E-state index is 11.8. The first-order valence-corrected chi connectivity index (χ1v) is 6.31. The van der Waals surface area contributed by atoms with Gasteiger partial charge in [-0.1, -0.05) is 32.6 Å². The maximum Gasteiger partial charge on any atom is 0.411 e. The van der Waals surface area contributed by atoms with E-state index < -0.39 is 12.8 Å². The number of rotatable bonds is 10. The summed E-state index contributed by atoms with van der Waals surface area (Å²) in [7, 11) is 1.84. The van der Waals surface area contributed by atoms with E-state index in [0.29, 0.717) is 6.42 Å². The van der Waals surface area contributed by atoms with Crippen LogP contribution in [0.1, 0.15) is 45.4 Å². The Morgan fingerprint density at radius 1 is 1.12 bits per heavy atom. The largest absolute Gasteiger partial charge is 0.411 e. The van der Waals surface area contributed by atoms with Gasteiger partial charge in [-0.15, -0.1) is 0 Å². The fourth-order valence-electron chi connectivity index (χ4n) is 1.66. The zero-order valence-corrected chi connectivity index (χ0v) is 10.8. The van der Waals surface area contributed by atoms with Crippen LogP contribution >= 0.6 is 0 Å². The molecule has 0 saturated carbocycles. The van der Waals surface area contributed by atoms with E-state index in [4.69, 9.17) is 0 Å². The van der Waals surface area contributed by atoms with Crippen molar-refractivity contribution in [2.24, 2.45) is 0 Å². The van der Waals surface area contributed by atoms with Gasteiger partial charge in [0.15, 0.2) is 0 Å². The summed E-state index contributed by atoms with van der Waals surface area (Å²) in [5.41, 5.74) is 0. The summed E-state index contributed by atoms with van der Waals surface area (Å²) in [5.74, 6) is 0. The molecule has 0 aliphatic carbocycles. The molecule has 0 aromatic rings. The Morgan fingerprint density at radius 2 is 1.82 bits per heavy atom. The van der Waals surface area contributed by atoms with Gasteiger partial charge in [-0.2, -0.15) is 13.2 Å². The van der Waals surface area contributed by atoms with E-state index in [0.717, 1.165) is 12.8 Å². The summed E-state index contributed by atoms with van der Waals surface area (Å²) in [6.07, 6.45) is 2.16. The molecule has 1 N–H and O–H groups in total. The Morgan fingerprint density at radius 3 is 2.35 bits per heavy atom. The normalized spacial score (nSPS) is 13.9. The van der Waals surface area contributed by atoms with Gasteiger partial charge >= 0.3 is 6.18 Å². The Kier molecular flexibility index (Phi) is 9.55.